The van der Waals surface area contributed by atoms with E-state index in [4.69, 9.17) is 0 Å². The molecule has 1 aromatic carbocycles. The Balaban J connectivity index is 0.00000242. The Hall–Kier alpha value is -1.10. The minimum absolute atomic E-state index is 0. The molecule has 0 aliphatic carbocycles. The molecule has 0 spiro atoms. The van der Waals surface area contributed by atoms with E-state index in [1.54, 1.807) is 0 Å². The van der Waals surface area contributed by atoms with Crippen molar-refractivity contribution >= 4 is 18.3 Å². The quantitative estimate of drug-likeness (QED) is 0.807. The Morgan fingerprint density at radius 3 is 2.59 bits per heavy atom. The van der Waals surface area contributed by atoms with E-state index in [-0.39, 0.29) is 18.3 Å². The van der Waals surface area contributed by atoms with Gasteiger partial charge < -0.3 is 15.5 Å². The van der Waals surface area contributed by atoms with E-state index < -0.39 is 0 Å². The molecule has 124 valence electrons. The number of rotatable bonds is 7. The van der Waals surface area contributed by atoms with Crippen LogP contribution in [0.25, 0.3) is 0 Å². The van der Waals surface area contributed by atoms with Crippen LogP contribution >= 0.6 is 12.4 Å². The van der Waals surface area contributed by atoms with Gasteiger partial charge in [-0.05, 0) is 57.6 Å². The molecule has 0 atom stereocenters. The number of piperidine rings is 1. The van der Waals surface area contributed by atoms with Crippen molar-refractivity contribution in [1.29, 1.82) is 0 Å². The van der Waals surface area contributed by atoms with Crippen molar-refractivity contribution < 1.29 is 4.79 Å². The van der Waals surface area contributed by atoms with Gasteiger partial charge in [-0.3, -0.25) is 4.79 Å². The lowest BCUT2D eigenvalue weighted by Crippen LogP contribution is -2.37. The molecule has 1 aliphatic heterocycles. The van der Waals surface area contributed by atoms with E-state index in [0.717, 1.165) is 37.2 Å². The van der Waals surface area contributed by atoms with E-state index in [1.165, 1.54) is 32.4 Å². The fraction of sp³-hybridized carbons (Fsp3) is 0.588. The second-order valence-electron chi connectivity index (χ2n) is 5.67. The number of likely N-dealkylation sites (N-methyl/N-ethyl adjacent to an activating group) is 1. The number of nitrogens with one attached hydrogen (secondary N) is 2. The summed E-state index contributed by atoms with van der Waals surface area (Å²) in [6.45, 7) is 4.94. The number of likely N-dealkylation sites (tertiary alicyclic amines) is 1. The van der Waals surface area contributed by atoms with E-state index >= 15 is 0 Å². The van der Waals surface area contributed by atoms with E-state index in [2.05, 4.69) is 15.5 Å². The van der Waals surface area contributed by atoms with Gasteiger partial charge in [0.2, 0.25) is 0 Å². The van der Waals surface area contributed by atoms with Gasteiger partial charge in [0.05, 0.1) is 0 Å². The third-order valence-electron chi connectivity index (χ3n) is 4.07. The first-order valence-corrected chi connectivity index (χ1v) is 8.04. The Bertz CT molecular complexity index is 447. The molecule has 1 fully saturated rings. The van der Waals surface area contributed by atoms with Crippen LogP contribution in [0.4, 0.5) is 0 Å². The van der Waals surface area contributed by atoms with Gasteiger partial charge in [-0.15, -0.1) is 12.4 Å². The average Bonchev–Trinajstić information content (AvgIpc) is 2.54. The summed E-state index contributed by atoms with van der Waals surface area (Å²) >= 11 is 0. The summed E-state index contributed by atoms with van der Waals surface area (Å²) in [6.07, 6.45) is 4.81. The predicted octanol–water partition coefficient (Wildman–Crippen LogP) is 2.09. The number of halogens is 1. The van der Waals surface area contributed by atoms with Crippen molar-refractivity contribution in [3.8, 4) is 0 Å². The number of benzene rings is 1. The lowest BCUT2D eigenvalue weighted by Gasteiger charge is -2.26. The molecule has 1 heterocycles. The molecule has 4 nitrogen and oxygen atoms in total. The van der Waals surface area contributed by atoms with Crippen molar-refractivity contribution in [3.63, 3.8) is 0 Å². The Labute approximate surface area is 140 Å². The minimum atomic E-state index is 0. The van der Waals surface area contributed by atoms with Crippen LogP contribution in [0, 0.1) is 0 Å². The first-order chi connectivity index (χ1) is 10.3. The summed E-state index contributed by atoms with van der Waals surface area (Å²) in [6, 6.07) is 7.88. The Kier molecular flexibility index (Phi) is 9.13. The topological polar surface area (TPSA) is 44.4 Å². The number of hydrogen-bond donors (Lipinski definition) is 2. The zero-order valence-electron chi connectivity index (χ0n) is 13.4. The molecule has 2 rings (SSSR count). The molecule has 0 bridgehead atoms. The first kappa shape index (κ1) is 18.9. The summed E-state index contributed by atoms with van der Waals surface area (Å²) in [4.78, 5) is 14.8. The zero-order chi connectivity index (χ0) is 14.9. The average molecular weight is 326 g/mol. The van der Waals surface area contributed by atoms with Gasteiger partial charge in [-0.2, -0.15) is 0 Å². The highest BCUT2D eigenvalue weighted by Gasteiger charge is 2.12. The molecule has 1 saturated heterocycles. The predicted molar refractivity (Wildman–Crippen MR) is 93.9 cm³/mol. The molecule has 0 radical (unpaired) electrons. The molecule has 0 unspecified atom stereocenters. The van der Waals surface area contributed by atoms with Crippen LogP contribution in [0.3, 0.4) is 0 Å². The Morgan fingerprint density at radius 1 is 1.14 bits per heavy atom. The minimum Gasteiger partial charge on any atom is -0.351 e. The van der Waals surface area contributed by atoms with Crippen molar-refractivity contribution in [3.05, 3.63) is 35.4 Å². The lowest BCUT2D eigenvalue weighted by atomic mass is 10.0. The number of hydrogen-bond acceptors (Lipinski definition) is 3. The monoisotopic (exact) mass is 325 g/mol. The van der Waals surface area contributed by atoms with E-state index in [1.807, 2.05) is 31.3 Å². The maximum atomic E-state index is 12.3. The summed E-state index contributed by atoms with van der Waals surface area (Å²) < 4.78 is 0. The molecular formula is C17H28ClN3O. The van der Waals surface area contributed by atoms with Crippen molar-refractivity contribution in [2.75, 3.05) is 39.8 Å². The van der Waals surface area contributed by atoms with Crippen molar-refractivity contribution in [1.82, 2.24) is 15.5 Å². The molecule has 5 heteroatoms. The molecular weight excluding hydrogens is 298 g/mol. The van der Waals surface area contributed by atoms with Gasteiger partial charge in [-0.25, -0.2) is 0 Å². The van der Waals surface area contributed by atoms with Crippen LogP contribution in [0.1, 0.15) is 35.2 Å². The fourth-order valence-electron chi connectivity index (χ4n) is 2.83. The van der Waals surface area contributed by atoms with Crippen LogP contribution in [-0.2, 0) is 6.42 Å². The van der Waals surface area contributed by atoms with Gasteiger partial charge in [-0.1, -0.05) is 24.6 Å². The molecule has 2 N–H and O–H groups in total. The van der Waals surface area contributed by atoms with Gasteiger partial charge in [0.25, 0.3) is 5.91 Å². The summed E-state index contributed by atoms with van der Waals surface area (Å²) in [5.41, 5.74) is 1.92. The largest absolute Gasteiger partial charge is 0.351 e. The van der Waals surface area contributed by atoms with Crippen LogP contribution in [0.5, 0.6) is 0 Å². The standard InChI is InChI=1S/C17H27N3O.ClH/c1-18-10-9-15-7-3-4-8-16(15)17(21)19-11-14-20-12-5-2-6-13-20;/h3-4,7-8,18H,2,5-6,9-14H2,1H3,(H,19,21);1H. The highest BCUT2D eigenvalue weighted by atomic mass is 35.5. The molecule has 0 saturated carbocycles. The van der Waals surface area contributed by atoms with Gasteiger partial charge in [0, 0.05) is 18.7 Å². The molecule has 1 amide bonds. The zero-order valence-corrected chi connectivity index (χ0v) is 14.3. The maximum Gasteiger partial charge on any atom is 0.251 e. The van der Waals surface area contributed by atoms with Crippen molar-refractivity contribution in [2.45, 2.75) is 25.7 Å². The number of carbonyl (C=O) groups excluding carboxylic acids is 1. The van der Waals surface area contributed by atoms with Crippen LogP contribution in [0.15, 0.2) is 24.3 Å². The molecule has 1 aliphatic rings. The number of amides is 1. The van der Waals surface area contributed by atoms with Gasteiger partial charge in [0.15, 0.2) is 0 Å². The van der Waals surface area contributed by atoms with Gasteiger partial charge >= 0.3 is 0 Å². The summed E-state index contributed by atoms with van der Waals surface area (Å²) in [5.74, 6) is 0.0544. The number of nitrogens with zero attached hydrogens (tertiary/aromatic N) is 1. The van der Waals surface area contributed by atoms with Crippen LogP contribution in [0.2, 0.25) is 0 Å². The van der Waals surface area contributed by atoms with Gasteiger partial charge in [0.1, 0.15) is 0 Å². The third kappa shape index (κ3) is 5.95. The second-order valence-corrected chi connectivity index (χ2v) is 5.67. The molecule has 22 heavy (non-hydrogen) atoms. The summed E-state index contributed by atoms with van der Waals surface area (Å²) in [7, 11) is 1.93. The third-order valence-corrected chi connectivity index (χ3v) is 4.07. The highest BCUT2D eigenvalue weighted by Crippen LogP contribution is 2.10. The lowest BCUT2D eigenvalue weighted by molar-refractivity contribution is 0.0945. The normalized spacial score (nSPS) is 15.1. The van der Waals surface area contributed by atoms with Crippen molar-refractivity contribution in [2.24, 2.45) is 0 Å². The van der Waals surface area contributed by atoms with E-state index in [9.17, 15) is 4.79 Å². The maximum absolute atomic E-state index is 12.3. The first-order valence-electron chi connectivity index (χ1n) is 8.04. The van der Waals surface area contributed by atoms with Crippen LogP contribution < -0.4 is 10.6 Å². The second kappa shape index (κ2) is 10.6. The fourth-order valence-corrected chi connectivity index (χ4v) is 2.83. The SMILES string of the molecule is CNCCc1ccccc1C(=O)NCCN1CCCCC1.Cl. The van der Waals surface area contributed by atoms with E-state index in [0.29, 0.717) is 0 Å². The highest BCUT2D eigenvalue weighted by molar-refractivity contribution is 5.95. The summed E-state index contributed by atoms with van der Waals surface area (Å²) in [5, 5.41) is 6.19. The molecule has 1 aromatic rings. The smallest absolute Gasteiger partial charge is 0.251 e. The Morgan fingerprint density at radius 2 is 1.86 bits per heavy atom. The molecule has 0 aromatic heterocycles. The van der Waals surface area contributed by atoms with Crippen LogP contribution in [-0.4, -0.2) is 50.6 Å². The number of carbonyl (C=O) groups is 1.